The van der Waals surface area contributed by atoms with E-state index in [4.69, 9.17) is 4.74 Å². The lowest BCUT2D eigenvalue weighted by molar-refractivity contribution is 0.0568. The van der Waals surface area contributed by atoms with Gasteiger partial charge in [-0.1, -0.05) is 32.9 Å². The minimum Gasteiger partial charge on any atom is -0.381 e. The van der Waals surface area contributed by atoms with Crippen LogP contribution in [0.5, 0.6) is 0 Å². The van der Waals surface area contributed by atoms with Gasteiger partial charge in [-0.05, 0) is 92.6 Å². The van der Waals surface area contributed by atoms with Crippen LogP contribution in [0.4, 0.5) is 0 Å². The number of nitrogens with one attached hydrogen (secondary N) is 1. The van der Waals surface area contributed by atoms with Crippen LogP contribution in [0.25, 0.3) is 0 Å². The van der Waals surface area contributed by atoms with Gasteiger partial charge in [0, 0.05) is 7.11 Å². The van der Waals surface area contributed by atoms with Crippen LogP contribution in [0.15, 0.2) is 12.1 Å². The van der Waals surface area contributed by atoms with E-state index in [0.29, 0.717) is 6.10 Å². The van der Waals surface area contributed by atoms with Crippen molar-refractivity contribution >= 4 is 0 Å². The van der Waals surface area contributed by atoms with Crippen molar-refractivity contribution in [3.63, 3.8) is 0 Å². The van der Waals surface area contributed by atoms with E-state index in [2.05, 4.69) is 52.1 Å². The summed E-state index contributed by atoms with van der Waals surface area (Å²) in [6.07, 6.45) is 6.72. The van der Waals surface area contributed by atoms with Gasteiger partial charge in [-0.2, -0.15) is 0 Å². The van der Waals surface area contributed by atoms with Crippen molar-refractivity contribution in [2.45, 2.75) is 78.2 Å². The van der Waals surface area contributed by atoms with E-state index in [-0.39, 0.29) is 5.41 Å². The van der Waals surface area contributed by atoms with Gasteiger partial charge in [0.1, 0.15) is 0 Å². The van der Waals surface area contributed by atoms with E-state index in [1.54, 1.807) is 0 Å². The number of methoxy groups -OCH3 is 1. The Hall–Kier alpha value is -0.860. The summed E-state index contributed by atoms with van der Waals surface area (Å²) in [6.45, 7) is 13.7. The highest BCUT2D eigenvalue weighted by Crippen LogP contribution is 2.27. The molecule has 1 aliphatic carbocycles. The summed E-state index contributed by atoms with van der Waals surface area (Å²) >= 11 is 0. The minimum atomic E-state index is 0.230. The number of aryl methyl sites for hydroxylation is 2. The first-order valence-electron chi connectivity index (χ1n) is 9.65. The molecule has 0 spiro atoms. The maximum absolute atomic E-state index is 5.46. The molecule has 0 atom stereocenters. The first-order chi connectivity index (χ1) is 11.3. The average Bonchev–Trinajstić information content (AvgIpc) is 2.53. The summed E-state index contributed by atoms with van der Waals surface area (Å²) in [5.41, 5.74) is 6.10. The molecule has 0 radical (unpaired) electrons. The van der Waals surface area contributed by atoms with Crippen LogP contribution in [-0.2, 0) is 16.6 Å². The van der Waals surface area contributed by atoms with Crippen molar-refractivity contribution < 1.29 is 4.74 Å². The Morgan fingerprint density at radius 2 is 1.62 bits per heavy atom. The van der Waals surface area contributed by atoms with Gasteiger partial charge in [-0.25, -0.2) is 0 Å². The van der Waals surface area contributed by atoms with Crippen LogP contribution < -0.4 is 5.32 Å². The topological polar surface area (TPSA) is 21.3 Å². The van der Waals surface area contributed by atoms with Gasteiger partial charge in [0.25, 0.3) is 0 Å². The summed E-state index contributed by atoms with van der Waals surface area (Å²) in [6, 6.07) is 4.77. The summed E-state index contributed by atoms with van der Waals surface area (Å²) in [5.74, 6) is 0.835. The molecule has 136 valence electrons. The molecular weight excluding hydrogens is 294 g/mol. The Bertz CT molecular complexity index is 498. The molecule has 24 heavy (non-hydrogen) atoms. The zero-order valence-electron chi connectivity index (χ0n) is 16.7. The standard InChI is InChI=1S/C22H37NO/c1-16-13-19(22(3,4)5)14-17(2)21(16)11-12-23-15-18-7-9-20(24-6)10-8-18/h13-14,18,20,23H,7-12,15H2,1-6H3. The molecule has 1 fully saturated rings. The summed E-state index contributed by atoms with van der Waals surface area (Å²) in [4.78, 5) is 0. The second kappa shape index (κ2) is 8.49. The molecule has 0 bridgehead atoms. The third-order valence-corrected chi connectivity index (χ3v) is 5.67. The highest BCUT2D eigenvalue weighted by molar-refractivity contribution is 5.40. The second-order valence-corrected chi connectivity index (χ2v) is 8.67. The van der Waals surface area contributed by atoms with Gasteiger partial charge < -0.3 is 10.1 Å². The third kappa shape index (κ3) is 5.32. The van der Waals surface area contributed by atoms with E-state index in [1.807, 2.05) is 7.11 Å². The summed E-state index contributed by atoms with van der Waals surface area (Å²) in [7, 11) is 1.85. The molecule has 2 rings (SSSR count). The molecule has 1 aromatic rings. The van der Waals surface area contributed by atoms with E-state index >= 15 is 0 Å². The lowest BCUT2D eigenvalue weighted by atomic mass is 9.83. The van der Waals surface area contributed by atoms with Crippen LogP contribution in [0, 0.1) is 19.8 Å². The first kappa shape index (κ1) is 19.5. The fraction of sp³-hybridized carbons (Fsp3) is 0.727. The Kier molecular flexibility index (Phi) is 6.88. The Balaban J connectivity index is 1.80. The highest BCUT2D eigenvalue weighted by atomic mass is 16.5. The lowest BCUT2D eigenvalue weighted by Crippen LogP contribution is -2.30. The highest BCUT2D eigenvalue weighted by Gasteiger charge is 2.20. The predicted molar refractivity (Wildman–Crippen MR) is 104 cm³/mol. The van der Waals surface area contributed by atoms with Crippen molar-refractivity contribution in [2.75, 3.05) is 20.2 Å². The SMILES string of the molecule is COC1CCC(CNCCc2c(C)cc(C(C)(C)C)cc2C)CC1. The molecule has 1 N–H and O–H groups in total. The maximum Gasteiger partial charge on any atom is 0.0571 e. The van der Waals surface area contributed by atoms with Gasteiger partial charge in [0.05, 0.1) is 6.10 Å². The van der Waals surface area contributed by atoms with Gasteiger partial charge >= 0.3 is 0 Å². The van der Waals surface area contributed by atoms with E-state index < -0.39 is 0 Å². The zero-order chi connectivity index (χ0) is 17.7. The molecule has 0 heterocycles. The van der Waals surface area contributed by atoms with Crippen LogP contribution in [0.1, 0.15) is 68.7 Å². The smallest absolute Gasteiger partial charge is 0.0571 e. The fourth-order valence-electron chi connectivity index (χ4n) is 3.91. The molecule has 0 aromatic heterocycles. The van der Waals surface area contributed by atoms with Crippen LogP contribution in [-0.4, -0.2) is 26.3 Å². The summed E-state index contributed by atoms with van der Waals surface area (Å²) < 4.78 is 5.46. The molecular formula is C22H37NO. The molecule has 2 heteroatoms. The maximum atomic E-state index is 5.46. The van der Waals surface area contributed by atoms with E-state index in [0.717, 1.165) is 25.4 Å². The normalized spacial score (nSPS) is 21.9. The van der Waals surface area contributed by atoms with Gasteiger partial charge in [0.2, 0.25) is 0 Å². The van der Waals surface area contributed by atoms with Gasteiger partial charge in [0.15, 0.2) is 0 Å². The van der Waals surface area contributed by atoms with Crippen molar-refractivity contribution in [1.82, 2.24) is 5.32 Å². The molecule has 0 aliphatic heterocycles. The molecule has 0 saturated heterocycles. The summed E-state index contributed by atoms with van der Waals surface area (Å²) in [5, 5.41) is 3.69. The number of rotatable bonds is 6. The lowest BCUT2D eigenvalue weighted by Gasteiger charge is -2.27. The average molecular weight is 332 g/mol. The van der Waals surface area contributed by atoms with Crippen molar-refractivity contribution in [3.8, 4) is 0 Å². The largest absolute Gasteiger partial charge is 0.381 e. The molecule has 2 nitrogen and oxygen atoms in total. The van der Waals surface area contributed by atoms with Crippen LogP contribution in [0.3, 0.4) is 0 Å². The molecule has 1 aliphatic rings. The van der Waals surface area contributed by atoms with E-state index in [9.17, 15) is 0 Å². The Labute approximate surface area is 149 Å². The Morgan fingerprint density at radius 1 is 1.04 bits per heavy atom. The van der Waals surface area contributed by atoms with Crippen molar-refractivity contribution in [2.24, 2.45) is 5.92 Å². The number of benzene rings is 1. The van der Waals surface area contributed by atoms with E-state index in [1.165, 1.54) is 47.9 Å². The van der Waals surface area contributed by atoms with Crippen LogP contribution >= 0.6 is 0 Å². The zero-order valence-corrected chi connectivity index (χ0v) is 16.7. The third-order valence-electron chi connectivity index (χ3n) is 5.67. The van der Waals surface area contributed by atoms with Crippen molar-refractivity contribution in [1.29, 1.82) is 0 Å². The molecule has 1 aromatic carbocycles. The van der Waals surface area contributed by atoms with Crippen LogP contribution in [0.2, 0.25) is 0 Å². The van der Waals surface area contributed by atoms with Gasteiger partial charge in [-0.15, -0.1) is 0 Å². The first-order valence-corrected chi connectivity index (χ1v) is 9.65. The quantitative estimate of drug-likeness (QED) is 0.746. The molecule has 1 saturated carbocycles. The Morgan fingerprint density at radius 3 is 2.12 bits per heavy atom. The monoisotopic (exact) mass is 331 g/mol. The number of ether oxygens (including phenoxy) is 1. The van der Waals surface area contributed by atoms with Gasteiger partial charge in [-0.3, -0.25) is 0 Å². The second-order valence-electron chi connectivity index (χ2n) is 8.67. The number of hydrogen-bond donors (Lipinski definition) is 1. The molecule has 0 amide bonds. The minimum absolute atomic E-state index is 0.230. The van der Waals surface area contributed by atoms with Crippen molar-refractivity contribution in [3.05, 3.63) is 34.4 Å². The molecule has 0 unspecified atom stereocenters. The fourth-order valence-corrected chi connectivity index (χ4v) is 3.91. The predicted octanol–water partition coefficient (Wildman–Crippen LogP) is 4.94. The number of hydrogen-bond acceptors (Lipinski definition) is 2.